The largest absolute Gasteiger partial charge is 0.461 e. The van der Waals surface area contributed by atoms with Gasteiger partial charge in [-0.15, -0.1) is 0 Å². The van der Waals surface area contributed by atoms with E-state index in [1.54, 1.807) is 44.2 Å². The van der Waals surface area contributed by atoms with E-state index in [2.05, 4.69) is 4.72 Å². The highest BCUT2D eigenvalue weighted by Crippen LogP contribution is 2.29. The van der Waals surface area contributed by atoms with Crippen molar-refractivity contribution in [3.63, 3.8) is 0 Å². The second kappa shape index (κ2) is 6.04. The van der Waals surface area contributed by atoms with Crippen molar-refractivity contribution in [2.24, 2.45) is 0 Å². The molecule has 0 unspecified atom stereocenters. The Labute approximate surface area is 146 Å². The Morgan fingerprint density at radius 3 is 2.40 bits per heavy atom. The van der Waals surface area contributed by atoms with Gasteiger partial charge < -0.3 is 4.42 Å². The summed E-state index contributed by atoms with van der Waals surface area (Å²) in [6.45, 7) is 6.85. The van der Waals surface area contributed by atoms with E-state index >= 15 is 0 Å². The number of ketones is 1. The maximum atomic E-state index is 12.7. The molecule has 130 valence electrons. The van der Waals surface area contributed by atoms with Gasteiger partial charge in [-0.25, -0.2) is 8.42 Å². The molecule has 0 aliphatic heterocycles. The Kier molecular flexibility index (Phi) is 4.16. The molecule has 3 rings (SSSR count). The van der Waals surface area contributed by atoms with Crippen LogP contribution in [0.1, 0.15) is 34.2 Å². The number of fused-ring (bicyclic) bond motifs is 1. The van der Waals surface area contributed by atoms with E-state index in [1.165, 1.54) is 6.92 Å². The van der Waals surface area contributed by atoms with Gasteiger partial charge in [0.2, 0.25) is 0 Å². The number of carbonyl (C=O) groups excluding carboxylic acids is 1. The maximum absolute atomic E-state index is 12.7. The zero-order chi connectivity index (χ0) is 18.4. The molecule has 0 radical (unpaired) electrons. The monoisotopic (exact) mass is 357 g/mol. The number of benzene rings is 2. The first-order valence-electron chi connectivity index (χ1n) is 7.83. The third-order valence-corrected chi connectivity index (χ3v) is 5.63. The van der Waals surface area contributed by atoms with Gasteiger partial charge in [0, 0.05) is 11.1 Å². The van der Waals surface area contributed by atoms with Crippen molar-refractivity contribution in [3.8, 4) is 0 Å². The fraction of sp³-hybridized carbons (Fsp3) is 0.211. The number of hydrogen-bond donors (Lipinski definition) is 1. The molecule has 0 bridgehead atoms. The number of anilines is 1. The molecule has 0 aliphatic carbocycles. The summed E-state index contributed by atoms with van der Waals surface area (Å²) in [5, 5.41) is 0.603. The molecule has 2 aromatic carbocycles. The number of nitrogens with one attached hydrogen (secondary N) is 1. The Bertz CT molecular complexity index is 1090. The van der Waals surface area contributed by atoms with Crippen molar-refractivity contribution < 1.29 is 17.6 Å². The van der Waals surface area contributed by atoms with Crippen LogP contribution in [0, 0.1) is 20.8 Å². The van der Waals surface area contributed by atoms with Crippen LogP contribution in [0.5, 0.6) is 0 Å². The molecule has 5 nitrogen and oxygen atoms in total. The molecule has 0 saturated heterocycles. The number of carbonyl (C=O) groups is 1. The van der Waals surface area contributed by atoms with Gasteiger partial charge in [0.05, 0.1) is 10.5 Å². The first-order chi connectivity index (χ1) is 11.7. The maximum Gasteiger partial charge on any atom is 0.262 e. The van der Waals surface area contributed by atoms with Crippen LogP contribution < -0.4 is 4.72 Å². The topological polar surface area (TPSA) is 76.4 Å². The highest BCUT2D eigenvalue weighted by atomic mass is 32.2. The Morgan fingerprint density at radius 2 is 1.76 bits per heavy atom. The third kappa shape index (κ3) is 3.17. The summed E-state index contributed by atoms with van der Waals surface area (Å²) in [4.78, 5) is 12.1. The van der Waals surface area contributed by atoms with Gasteiger partial charge in [-0.3, -0.25) is 9.52 Å². The van der Waals surface area contributed by atoms with Crippen molar-refractivity contribution in [2.45, 2.75) is 32.6 Å². The summed E-state index contributed by atoms with van der Waals surface area (Å²) in [7, 11) is -3.72. The summed E-state index contributed by atoms with van der Waals surface area (Å²) in [5.41, 5.74) is 3.09. The first-order valence-corrected chi connectivity index (χ1v) is 9.31. The standard InChI is InChI=1S/C19H19NO4S/c1-11-5-8-18(12(2)9-11)25(22,23)20-15-6-7-17-16(10-15)19(13(3)21)14(4)24-17/h5-10,20H,1-4H3. The van der Waals surface area contributed by atoms with Crippen molar-refractivity contribution in [3.05, 3.63) is 58.8 Å². The predicted octanol–water partition coefficient (Wildman–Crippen LogP) is 4.36. The van der Waals surface area contributed by atoms with E-state index < -0.39 is 10.0 Å². The molecule has 6 heteroatoms. The second-order valence-corrected chi connectivity index (χ2v) is 7.83. The van der Waals surface area contributed by atoms with E-state index in [0.29, 0.717) is 33.5 Å². The zero-order valence-corrected chi connectivity index (χ0v) is 15.3. The van der Waals surface area contributed by atoms with Crippen LogP contribution in [0.25, 0.3) is 11.0 Å². The molecular weight excluding hydrogens is 338 g/mol. The third-order valence-electron chi connectivity index (χ3n) is 4.09. The van der Waals surface area contributed by atoms with Gasteiger partial charge in [0.15, 0.2) is 5.78 Å². The molecule has 0 aliphatic rings. The van der Waals surface area contributed by atoms with Crippen molar-refractivity contribution in [1.29, 1.82) is 0 Å². The number of sulfonamides is 1. The zero-order valence-electron chi connectivity index (χ0n) is 14.5. The molecule has 3 aromatic rings. The average molecular weight is 357 g/mol. The summed E-state index contributed by atoms with van der Waals surface area (Å²) in [6.07, 6.45) is 0. The first kappa shape index (κ1) is 17.2. The number of rotatable bonds is 4. The summed E-state index contributed by atoms with van der Waals surface area (Å²) < 4.78 is 33.5. The van der Waals surface area contributed by atoms with Crippen LogP contribution in [0.3, 0.4) is 0 Å². The molecule has 25 heavy (non-hydrogen) atoms. The SMILES string of the molecule is CC(=O)c1c(C)oc2ccc(NS(=O)(=O)c3ccc(C)cc3C)cc12. The molecule has 0 atom stereocenters. The molecule has 1 aromatic heterocycles. The molecule has 0 spiro atoms. The van der Waals surface area contributed by atoms with Crippen LogP contribution in [-0.4, -0.2) is 14.2 Å². The minimum atomic E-state index is -3.72. The van der Waals surface area contributed by atoms with Crippen LogP contribution in [0.4, 0.5) is 5.69 Å². The van der Waals surface area contributed by atoms with Gasteiger partial charge >= 0.3 is 0 Å². The van der Waals surface area contributed by atoms with Crippen LogP contribution in [0.15, 0.2) is 45.7 Å². The number of hydrogen-bond acceptors (Lipinski definition) is 4. The van der Waals surface area contributed by atoms with Gasteiger partial charge in [0.1, 0.15) is 11.3 Å². The number of aryl methyl sites for hydroxylation is 3. The lowest BCUT2D eigenvalue weighted by Gasteiger charge is -2.11. The van der Waals surface area contributed by atoms with E-state index in [1.807, 2.05) is 13.0 Å². The van der Waals surface area contributed by atoms with Crippen molar-refractivity contribution >= 4 is 32.5 Å². The minimum absolute atomic E-state index is 0.120. The van der Waals surface area contributed by atoms with Crippen LogP contribution >= 0.6 is 0 Å². The summed E-state index contributed by atoms with van der Waals surface area (Å²) in [5.74, 6) is 0.405. The Balaban J connectivity index is 2.05. The van der Waals surface area contributed by atoms with Gasteiger partial charge in [-0.2, -0.15) is 0 Å². The molecule has 1 N–H and O–H groups in total. The smallest absolute Gasteiger partial charge is 0.262 e. The van der Waals surface area contributed by atoms with Crippen LogP contribution in [-0.2, 0) is 10.0 Å². The number of furan rings is 1. The van der Waals surface area contributed by atoms with E-state index in [9.17, 15) is 13.2 Å². The minimum Gasteiger partial charge on any atom is -0.461 e. The fourth-order valence-electron chi connectivity index (χ4n) is 3.03. The quantitative estimate of drug-likeness (QED) is 0.704. The second-order valence-electron chi connectivity index (χ2n) is 6.17. The predicted molar refractivity (Wildman–Crippen MR) is 97.7 cm³/mol. The van der Waals surface area contributed by atoms with Gasteiger partial charge in [0.25, 0.3) is 10.0 Å². The molecule has 0 amide bonds. The fourth-order valence-corrected chi connectivity index (χ4v) is 4.31. The van der Waals surface area contributed by atoms with E-state index in [0.717, 1.165) is 5.56 Å². The van der Waals surface area contributed by atoms with Gasteiger partial charge in [-0.05, 0) is 57.5 Å². The van der Waals surface area contributed by atoms with Gasteiger partial charge in [-0.1, -0.05) is 17.7 Å². The summed E-state index contributed by atoms with van der Waals surface area (Å²) in [6, 6.07) is 10.1. The van der Waals surface area contributed by atoms with E-state index in [-0.39, 0.29) is 10.7 Å². The Hall–Kier alpha value is -2.60. The molecular formula is C19H19NO4S. The highest BCUT2D eigenvalue weighted by Gasteiger charge is 2.19. The van der Waals surface area contributed by atoms with Crippen molar-refractivity contribution in [1.82, 2.24) is 0 Å². The highest BCUT2D eigenvalue weighted by molar-refractivity contribution is 7.92. The summed E-state index contributed by atoms with van der Waals surface area (Å²) >= 11 is 0. The molecule has 0 saturated carbocycles. The van der Waals surface area contributed by atoms with Crippen molar-refractivity contribution in [2.75, 3.05) is 4.72 Å². The lowest BCUT2D eigenvalue weighted by molar-refractivity contribution is 0.101. The lowest BCUT2D eigenvalue weighted by atomic mass is 10.1. The average Bonchev–Trinajstić information content (AvgIpc) is 2.81. The molecule has 1 heterocycles. The van der Waals surface area contributed by atoms with E-state index in [4.69, 9.17) is 4.42 Å². The molecule has 0 fully saturated rings. The Morgan fingerprint density at radius 1 is 1.04 bits per heavy atom. The van der Waals surface area contributed by atoms with Crippen LogP contribution in [0.2, 0.25) is 0 Å². The normalized spacial score (nSPS) is 11.7. The lowest BCUT2D eigenvalue weighted by Crippen LogP contribution is -2.14. The number of Topliss-reactive ketones (excluding diaryl/α,β-unsaturated/α-hetero) is 1.